The van der Waals surface area contributed by atoms with Crippen molar-refractivity contribution in [2.45, 2.75) is 52.6 Å². The zero-order chi connectivity index (χ0) is 18.3. The number of benzene rings is 2. The molecule has 0 atom stereocenters. The number of pyridine rings is 2. The molecule has 0 N–H and O–H groups in total. The monoisotopic (exact) mass is 348 g/mol. The summed E-state index contributed by atoms with van der Waals surface area (Å²) in [5.41, 5.74) is 1.85. The minimum Gasteiger partial charge on any atom is -0.308 e. The van der Waals surface area contributed by atoms with Crippen molar-refractivity contribution < 1.29 is 0 Å². The van der Waals surface area contributed by atoms with E-state index in [-0.39, 0.29) is 11.1 Å². The van der Waals surface area contributed by atoms with Crippen LogP contribution < -0.4 is 11.1 Å². The van der Waals surface area contributed by atoms with Crippen LogP contribution in [0.4, 0.5) is 0 Å². The molecule has 2 aromatic heterocycles. The van der Waals surface area contributed by atoms with Gasteiger partial charge in [0.15, 0.2) is 0 Å². The summed E-state index contributed by atoms with van der Waals surface area (Å²) in [6.07, 6.45) is 3.94. The summed E-state index contributed by atoms with van der Waals surface area (Å²) in [6, 6.07) is 11.5. The normalized spacial score (nSPS) is 11.9. The predicted molar refractivity (Wildman–Crippen MR) is 108 cm³/mol. The molecule has 0 radical (unpaired) electrons. The smallest absolute Gasteiger partial charge is 0.258 e. The van der Waals surface area contributed by atoms with Gasteiger partial charge in [0.2, 0.25) is 0 Å². The van der Waals surface area contributed by atoms with Crippen LogP contribution in [0.1, 0.15) is 39.5 Å². The van der Waals surface area contributed by atoms with Crippen LogP contribution in [0.15, 0.2) is 46.0 Å². The van der Waals surface area contributed by atoms with Gasteiger partial charge in [-0.1, -0.05) is 38.8 Å². The van der Waals surface area contributed by atoms with Gasteiger partial charge in [0.05, 0.1) is 11.0 Å². The summed E-state index contributed by atoms with van der Waals surface area (Å²) in [6.45, 7) is 5.61. The lowest BCUT2D eigenvalue weighted by Gasteiger charge is -2.18. The molecule has 4 rings (SSSR count). The van der Waals surface area contributed by atoms with Crippen molar-refractivity contribution >= 4 is 32.6 Å². The second-order valence-corrected chi connectivity index (χ2v) is 7.02. The molecule has 4 heteroatoms. The standard InChI is InChI=1S/C22H24N2O2/c1-3-5-13-23-17-11-7-10-16-19(17)20-15(21(23)25)9-8-12-18(20)24(22(16)26)14-6-4-2/h7-12H,3-6,13-14H2,1-2H3. The first-order valence-electron chi connectivity index (χ1n) is 9.59. The van der Waals surface area contributed by atoms with Gasteiger partial charge in [-0.25, -0.2) is 0 Å². The highest BCUT2D eigenvalue weighted by Crippen LogP contribution is 2.31. The van der Waals surface area contributed by atoms with Gasteiger partial charge >= 0.3 is 0 Å². The average Bonchev–Trinajstić information content (AvgIpc) is 2.67. The van der Waals surface area contributed by atoms with E-state index >= 15 is 0 Å². The Hall–Kier alpha value is -2.62. The Morgan fingerprint density at radius 1 is 0.692 bits per heavy atom. The zero-order valence-electron chi connectivity index (χ0n) is 15.4. The topological polar surface area (TPSA) is 44.0 Å². The summed E-state index contributed by atoms with van der Waals surface area (Å²) in [5.74, 6) is 0. The van der Waals surface area contributed by atoms with Gasteiger partial charge in [0.25, 0.3) is 11.1 Å². The van der Waals surface area contributed by atoms with E-state index in [9.17, 15) is 9.59 Å². The third kappa shape index (κ3) is 2.36. The lowest BCUT2D eigenvalue weighted by Crippen LogP contribution is -2.26. The van der Waals surface area contributed by atoms with E-state index in [0.29, 0.717) is 23.9 Å². The molecule has 4 aromatic rings. The maximum atomic E-state index is 13.2. The van der Waals surface area contributed by atoms with Crippen LogP contribution in [-0.4, -0.2) is 9.13 Å². The molecule has 0 saturated heterocycles. The van der Waals surface area contributed by atoms with Crippen LogP contribution >= 0.6 is 0 Å². The molecule has 0 amide bonds. The van der Waals surface area contributed by atoms with Gasteiger partial charge in [-0.2, -0.15) is 0 Å². The highest BCUT2D eigenvalue weighted by atomic mass is 16.1. The molecule has 0 aliphatic heterocycles. The number of nitrogens with zero attached hydrogens (tertiary/aromatic N) is 2. The van der Waals surface area contributed by atoms with Gasteiger partial charge < -0.3 is 9.13 Å². The molecule has 0 fully saturated rings. The van der Waals surface area contributed by atoms with Crippen molar-refractivity contribution in [2.24, 2.45) is 0 Å². The summed E-state index contributed by atoms with van der Waals surface area (Å²) in [5, 5.41) is 3.30. The quantitative estimate of drug-likeness (QED) is 0.481. The fourth-order valence-corrected chi connectivity index (χ4v) is 4.00. The Morgan fingerprint density at radius 3 is 1.50 bits per heavy atom. The lowest BCUT2D eigenvalue weighted by molar-refractivity contribution is 0.631. The summed E-state index contributed by atoms with van der Waals surface area (Å²) in [4.78, 5) is 26.4. The second kappa shape index (κ2) is 6.60. The number of aromatic nitrogens is 2. The Balaban J connectivity index is 2.22. The minimum atomic E-state index is 0.0461. The van der Waals surface area contributed by atoms with E-state index in [1.807, 2.05) is 45.5 Å². The fourth-order valence-electron chi connectivity index (χ4n) is 4.00. The summed E-state index contributed by atoms with van der Waals surface area (Å²) in [7, 11) is 0. The molecule has 2 aromatic carbocycles. The molecule has 26 heavy (non-hydrogen) atoms. The average molecular weight is 348 g/mol. The van der Waals surface area contributed by atoms with Gasteiger partial charge in [-0.05, 0) is 37.1 Å². The van der Waals surface area contributed by atoms with Gasteiger partial charge in [0.1, 0.15) is 0 Å². The van der Waals surface area contributed by atoms with E-state index in [0.717, 1.165) is 47.5 Å². The van der Waals surface area contributed by atoms with Gasteiger partial charge in [-0.3, -0.25) is 9.59 Å². The van der Waals surface area contributed by atoms with Gasteiger partial charge in [0, 0.05) is 34.6 Å². The Labute approximate surface area is 152 Å². The van der Waals surface area contributed by atoms with Crippen LogP contribution in [0, 0.1) is 0 Å². The molecule has 4 nitrogen and oxygen atoms in total. The first kappa shape index (κ1) is 16.8. The number of aryl methyl sites for hydroxylation is 2. The maximum Gasteiger partial charge on any atom is 0.258 e. The van der Waals surface area contributed by atoms with Crippen LogP contribution in [0.5, 0.6) is 0 Å². The first-order chi connectivity index (χ1) is 12.7. The van der Waals surface area contributed by atoms with Crippen molar-refractivity contribution in [3.8, 4) is 0 Å². The van der Waals surface area contributed by atoms with Crippen molar-refractivity contribution in [2.75, 3.05) is 0 Å². The molecular weight excluding hydrogens is 324 g/mol. The fraction of sp³-hybridized carbons (Fsp3) is 0.364. The van der Waals surface area contributed by atoms with Crippen molar-refractivity contribution in [1.82, 2.24) is 9.13 Å². The van der Waals surface area contributed by atoms with Crippen molar-refractivity contribution in [3.05, 3.63) is 57.1 Å². The third-order valence-corrected chi connectivity index (χ3v) is 5.34. The molecule has 2 heterocycles. The third-order valence-electron chi connectivity index (χ3n) is 5.34. The lowest BCUT2D eigenvalue weighted by atomic mass is 10.00. The molecule has 134 valence electrons. The van der Waals surface area contributed by atoms with Crippen LogP contribution in [0.3, 0.4) is 0 Å². The summed E-state index contributed by atoms with van der Waals surface area (Å²) < 4.78 is 3.70. The Morgan fingerprint density at radius 2 is 1.12 bits per heavy atom. The van der Waals surface area contributed by atoms with E-state index in [4.69, 9.17) is 0 Å². The molecule has 0 aliphatic carbocycles. The largest absolute Gasteiger partial charge is 0.308 e. The van der Waals surface area contributed by atoms with Crippen LogP contribution in [0.25, 0.3) is 32.6 Å². The summed E-state index contributed by atoms with van der Waals surface area (Å²) >= 11 is 0. The van der Waals surface area contributed by atoms with Crippen molar-refractivity contribution in [1.29, 1.82) is 0 Å². The van der Waals surface area contributed by atoms with Crippen LogP contribution in [-0.2, 0) is 13.1 Å². The van der Waals surface area contributed by atoms with E-state index in [2.05, 4.69) is 13.8 Å². The molecule has 0 unspecified atom stereocenters. The Bertz CT molecular complexity index is 1100. The number of unbranched alkanes of at least 4 members (excludes halogenated alkanes) is 2. The number of hydrogen-bond donors (Lipinski definition) is 0. The number of hydrogen-bond acceptors (Lipinski definition) is 2. The minimum absolute atomic E-state index is 0.0461. The zero-order valence-corrected chi connectivity index (χ0v) is 15.4. The highest BCUT2D eigenvalue weighted by molar-refractivity contribution is 6.20. The van der Waals surface area contributed by atoms with Crippen molar-refractivity contribution in [3.63, 3.8) is 0 Å². The van der Waals surface area contributed by atoms with E-state index < -0.39 is 0 Å². The molecular formula is C22H24N2O2. The van der Waals surface area contributed by atoms with E-state index in [1.165, 1.54) is 0 Å². The van der Waals surface area contributed by atoms with E-state index in [1.54, 1.807) is 0 Å². The maximum absolute atomic E-state index is 13.2. The number of rotatable bonds is 6. The second-order valence-electron chi connectivity index (χ2n) is 7.02. The molecule has 0 bridgehead atoms. The highest BCUT2D eigenvalue weighted by Gasteiger charge is 2.19. The first-order valence-corrected chi connectivity index (χ1v) is 9.59. The molecule has 0 aliphatic rings. The molecule has 0 spiro atoms. The SMILES string of the molecule is CCCCn1c(=O)c2cccc3c2c2c(cccc21)c(=O)n3CCCC. The predicted octanol–water partition coefficient (Wildman–Crippen LogP) is 4.51. The van der Waals surface area contributed by atoms with Gasteiger partial charge in [-0.15, -0.1) is 0 Å². The van der Waals surface area contributed by atoms with Crippen LogP contribution in [0.2, 0.25) is 0 Å². The molecule has 0 saturated carbocycles. The Kier molecular flexibility index (Phi) is 4.27.